The van der Waals surface area contributed by atoms with Crippen molar-refractivity contribution in [2.45, 2.75) is 0 Å². The fourth-order valence-electron chi connectivity index (χ4n) is 5.22. The molecule has 0 saturated heterocycles. The highest BCUT2D eigenvalue weighted by molar-refractivity contribution is 5.99. The zero-order valence-electron chi connectivity index (χ0n) is 22.5. The second-order valence-corrected chi connectivity index (χ2v) is 9.61. The Morgan fingerprint density at radius 3 is 2.02 bits per heavy atom. The molecule has 0 atom stereocenters. The van der Waals surface area contributed by atoms with Crippen LogP contribution >= 0.6 is 0 Å². The van der Waals surface area contributed by atoms with Gasteiger partial charge >= 0.3 is 0 Å². The highest BCUT2D eigenvalue weighted by Crippen LogP contribution is 2.39. The van der Waals surface area contributed by atoms with Gasteiger partial charge in [0.15, 0.2) is 0 Å². The first-order valence-corrected chi connectivity index (χ1v) is 13.3. The maximum atomic E-state index is 9.92. The Balaban J connectivity index is 1.38. The minimum atomic E-state index is 0.564. The fraction of sp³-hybridized carbons (Fsp3) is 0.0270. The number of nitrogens with zero attached hydrogens (tertiary/aromatic N) is 3. The van der Waals surface area contributed by atoms with Gasteiger partial charge in [0.2, 0.25) is 0 Å². The maximum absolute atomic E-state index is 9.92. The maximum Gasteiger partial charge on any atom is 0.119 e. The van der Waals surface area contributed by atoms with Gasteiger partial charge in [0.25, 0.3) is 0 Å². The van der Waals surface area contributed by atoms with E-state index in [0.717, 1.165) is 50.1 Å². The van der Waals surface area contributed by atoms with Gasteiger partial charge in [-0.25, -0.2) is 0 Å². The first kappa shape index (κ1) is 25.4. The molecule has 0 N–H and O–H groups in total. The zero-order chi connectivity index (χ0) is 28.2. The molecule has 0 fully saturated rings. The second-order valence-electron chi connectivity index (χ2n) is 9.61. The lowest BCUT2D eigenvalue weighted by Crippen LogP contribution is -2.10. The fourth-order valence-corrected chi connectivity index (χ4v) is 5.22. The van der Waals surface area contributed by atoms with Crippen molar-refractivity contribution in [1.82, 2.24) is 0 Å². The predicted molar refractivity (Wildman–Crippen MR) is 167 cm³/mol. The summed E-state index contributed by atoms with van der Waals surface area (Å²) in [4.78, 5) is 2.25. The van der Waals surface area contributed by atoms with E-state index in [4.69, 9.17) is 4.74 Å². The van der Waals surface area contributed by atoms with Crippen molar-refractivity contribution in [3.8, 4) is 17.9 Å². The van der Waals surface area contributed by atoms with Gasteiger partial charge < -0.3 is 9.64 Å². The number of ether oxygens (including phenoxy) is 1. The molecule has 0 aliphatic heterocycles. The predicted octanol–water partition coefficient (Wildman–Crippen LogP) is 9.39. The summed E-state index contributed by atoms with van der Waals surface area (Å²) in [6.45, 7) is 0. The van der Waals surface area contributed by atoms with E-state index >= 15 is 0 Å². The molecule has 4 nitrogen and oxygen atoms in total. The molecule has 0 saturated carbocycles. The minimum absolute atomic E-state index is 0.564. The second kappa shape index (κ2) is 11.1. The van der Waals surface area contributed by atoms with Gasteiger partial charge in [-0.15, -0.1) is 0 Å². The average Bonchev–Trinajstić information content (AvgIpc) is 3.04. The van der Waals surface area contributed by atoms with Gasteiger partial charge in [-0.1, -0.05) is 84.9 Å². The van der Waals surface area contributed by atoms with E-state index < -0.39 is 0 Å². The lowest BCUT2D eigenvalue weighted by atomic mass is 9.96. The smallest absolute Gasteiger partial charge is 0.119 e. The quantitative estimate of drug-likeness (QED) is 0.202. The first-order chi connectivity index (χ1) is 20.2. The van der Waals surface area contributed by atoms with Crippen LogP contribution in [0.25, 0.3) is 33.7 Å². The molecule has 0 radical (unpaired) electrons. The molecule has 6 aromatic rings. The van der Waals surface area contributed by atoms with Crippen LogP contribution in [0.5, 0.6) is 5.75 Å². The van der Waals surface area contributed by atoms with Gasteiger partial charge in [-0.3, -0.25) is 0 Å². The number of rotatable bonds is 6. The van der Waals surface area contributed by atoms with Crippen molar-refractivity contribution in [3.05, 3.63) is 144 Å². The molecule has 6 aromatic carbocycles. The van der Waals surface area contributed by atoms with E-state index in [2.05, 4.69) is 95.9 Å². The molecule has 0 bridgehead atoms. The van der Waals surface area contributed by atoms with Crippen molar-refractivity contribution in [3.63, 3.8) is 0 Å². The summed E-state index contributed by atoms with van der Waals surface area (Å²) in [5.74, 6) is 0.807. The molecule has 0 aliphatic rings. The summed E-state index contributed by atoms with van der Waals surface area (Å²) in [5.41, 5.74) is 6.09. The van der Waals surface area contributed by atoms with E-state index in [0.29, 0.717) is 11.1 Å². The van der Waals surface area contributed by atoms with Crippen LogP contribution in [-0.4, -0.2) is 7.11 Å². The Hall–Kier alpha value is -5.84. The average molecular weight is 528 g/mol. The van der Waals surface area contributed by atoms with Crippen LogP contribution in [0.2, 0.25) is 0 Å². The van der Waals surface area contributed by atoms with Crippen molar-refractivity contribution in [1.29, 1.82) is 10.5 Å². The summed E-state index contributed by atoms with van der Waals surface area (Å²) < 4.78 is 5.40. The Bertz CT molecular complexity index is 1990. The van der Waals surface area contributed by atoms with E-state index in [1.54, 1.807) is 13.2 Å². The number of nitriles is 2. The van der Waals surface area contributed by atoms with Crippen molar-refractivity contribution in [2.24, 2.45) is 0 Å². The standard InChI is InChI=1S/C37H25N3O/c1-41-32-21-19-31(20-22-32)40(37-11-5-7-27-6-2-3-9-34(27)37)30-17-13-26(14-18-30)12-15-28-16-23-33-29(24-38)8-4-10-35(33)36(28)25-39/h2-23H,1H3. The van der Waals surface area contributed by atoms with Gasteiger partial charge in [-0.2, -0.15) is 10.5 Å². The molecular weight excluding hydrogens is 502 g/mol. The molecule has 0 spiro atoms. The van der Waals surface area contributed by atoms with E-state index in [1.807, 2.05) is 48.6 Å². The largest absolute Gasteiger partial charge is 0.497 e. The van der Waals surface area contributed by atoms with Crippen molar-refractivity contribution < 1.29 is 4.74 Å². The van der Waals surface area contributed by atoms with Gasteiger partial charge in [0.05, 0.1) is 30.0 Å². The number of methoxy groups -OCH3 is 1. The molecule has 0 amide bonds. The summed E-state index contributed by atoms with van der Waals surface area (Å²) in [5, 5.41) is 23.3. The van der Waals surface area contributed by atoms with Crippen molar-refractivity contribution >= 4 is 50.8 Å². The highest BCUT2D eigenvalue weighted by atomic mass is 16.5. The van der Waals surface area contributed by atoms with Crippen LogP contribution in [-0.2, 0) is 0 Å². The van der Waals surface area contributed by atoms with Crippen LogP contribution < -0.4 is 9.64 Å². The first-order valence-electron chi connectivity index (χ1n) is 13.3. The molecule has 6 rings (SSSR count). The van der Waals surface area contributed by atoms with Crippen LogP contribution in [0.4, 0.5) is 17.1 Å². The third-order valence-electron chi connectivity index (χ3n) is 7.27. The summed E-state index contributed by atoms with van der Waals surface area (Å²) in [6.07, 6.45) is 3.97. The van der Waals surface area contributed by atoms with E-state index in [9.17, 15) is 10.5 Å². The van der Waals surface area contributed by atoms with Gasteiger partial charge in [-0.05, 0) is 65.0 Å². The monoisotopic (exact) mass is 527 g/mol. The zero-order valence-corrected chi connectivity index (χ0v) is 22.5. The molecule has 0 aliphatic carbocycles. The SMILES string of the molecule is COc1ccc(N(c2ccc(C=Cc3ccc4c(C#N)cccc4c3C#N)cc2)c2cccc3ccccc23)cc1. The third kappa shape index (κ3) is 4.87. The minimum Gasteiger partial charge on any atom is -0.497 e. The Morgan fingerprint density at radius 1 is 0.610 bits per heavy atom. The van der Waals surface area contributed by atoms with Gasteiger partial charge in [0.1, 0.15) is 11.8 Å². The van der Waals surface area contributed by atoms with Crippen LogP contribution in [0.3, 0.4) is 0 Å². The molecule has 4 heteroatoms. The van der Waals surface area contributed by atoms with Crippen molar-refractivity contribution in [2.75, 3.05) is 12.0 Å². The van der Waals surface area contributed by atoms with Crippen LogP contribution in [0.15, 0.2) is 121 Å². The van der Waals surface area contributed by atoms with Gasteiger partial charge in [0, 0.05) is 27.5 Å². The Labute approximate surface area is 239 Å². The molecule has 0 heterocycles. The number of fused-ring (bicyclic) bond motifs is 2. The Kier molecular flexibility index (Phi) is 6.89. The van der Waals surface area contributed by atoms with E-state index in [-0.39, 0.29) is 0 Å². The summed E-state index contributed by atoms with van der Waals surface area (Å²) >= 11 is 0. The molecule has 0 aromatic heterocycles. The van der Waals surface area contributed by atoms with Crippen LogP contribution in [0.1, 0.15) is 22.3 Å². The summed E-state index contributed by atoms with van der Waals surface area (Å²) in [7, 11) is 1.67. The van der Waals surface area contributed by atoms with E-state index in [1.165, 1.54) is 5.39 Å². The topological polar surface area (TPSA) is 60.0 Å². The normalized spacial score (nSPS) is 10.9. The number of benzene rings is 6. The Morgan fingerprint density at radius 2 is 1.29 bits per heavy atom. The number of hydrogen-bond donors (Lipinski definition) is 0. The van der Waals surface area contributed by atoms with Crippen LogP contribution in [0, 0.1) is 22.7 Å². The number of anilines is 3. The number of hydrogen-bond acceptors (Lipinski definition) is 4. The third-order valence-corrected chi connectivity index (χ3v) is 7.27. The summed E-state index contributed by atoms with van der Waals surface area (Å²) in [6, 6.07) is 45.0. The highest BCUT2D eigenvalue weighted by Gasteiger charge is 2.15. The molecule has 0 unspecified atom stereocenters. The molecule has 41 heavy (non-hydrogen) atoms. The molecular formula is C37H25N3O. The lowest BCUT2D eigenvalue weighted by Gasteiger charge is -2.27. The lowest BCUT2D eigenvalue weighted by molar-refractivity contribution is 0.415. The molecule has 194 valence electrons.